The fourth-order valence-corrected chi connectivity index (χ4v) is 5.72. The van der Waals surface area contributed by atoms with Crippen LogP contribution in [-0.4, -0.2) is 31.4 Å². The van der Waals surface area contributed by atoms with Crippen molar-refractivity contribution in [2.75, 3.05) is 13.2 Å². The number of ether oxygens (including phenoxy) is 2. The highest BCUT2D eigenvalue weighted by molar-refractivity contribution is 5.72. The van der Waals surface area contributed by atoms with Crippen LogP contribution < -0.4 is 0 Å². The number of carbonyl (C=O) groups excluding carboxylic acids is 1. The topological polar surface area (TPSA) is 54.0 Å². The number of unbranched alkanes of at least 4 members (excludes halogenated alkanes) is 2. The molecule has 0 spiro atoms. The van der Waals surface area contributed by atoms with Crippen molar-refractivity contribution >= 4 is 5.97 Å². The molecule has 0 amide bonds. The summed E-state index contributed by atoms with van der Waals surface area (Å²) in [5, 5.41) is 0. The summed E-state index contributed by atoms with van der Waals surface area (Å²) in [5.74, 6) is 2.71. The van der Waals surface area contributed by atoms with E-state index >= 15 is 0 Å². The van der Waals surface area contributed by atoms with Crippen LogP contribution >= 0.6 is 0 Å². The lowest BCUT2D eigenvalue weighted by Crippen LogP contribution is -2.36. The standard InChI is InChI=1S/C26H42O5/c1-3-15-29-30-17-6-4-5-16-28-24-11-13-25(14-12-24)31-26(27)23-10-9-21-18-20(2)7-8-22(21)19-23/h15,20-25H,1,4-14,16-19H2,2H3. The van der Waals surface area contributed by atoms with E-state index in [9.17, 15) is 4.79 Å². The highest BCUT2D eigenvalue weighted by Gasteiger charge is 2.38. The quantitative estimate of drug-likeness (QED) is 0.0978. The molecule has 5 nitrogen and oxygen atoms in total. The molecular formula is C26H42O5. The zero-order valence-electron chi connectivity index (χ0n) is 19.4. The zero-order chi connectivity index (χ0) is 21.9. The van der Waals surface area contributed by atoms with Crippen molar-refractivity contribution in [3.63, 3.8) is 0 Å². The molecule has 0 aromatic rings. The van der Waals surface area contributed by atoms with Crippen LogP contribution in [0, 0.1) is 23.7 Å². The maximum Gasteiger partial charge on any atom is 0.309 e. The Labute approximate surface area is 188 Å². The van der Waals surface area contributed by atoms with Gasteiger partial charge in [0.2, 0.25) is 0 Å². The average molecular weight is 435 g/mol. The molecule has 5 heteroatoms. The second-order valence-electron chi connectivity index (χ2n) is 9.96. The lowest BCUT2D eigenvalue weighted by Gasteiger charge is -2.41. The monoisotopic (exact) mass is 434 g/mol. The molecule has 0 aliphatic heterocycles. The van der Waals surface area contributed by atoms with Crippen molar-refractivity contribution in [1.29, 1.82) is 0 Å². The van der Waals surface area contributed by atoms with E-state index in [-0.39, 0.29) is 18.0 Å². The average Bonchev–Trinajstić information content (AvgIpc) is 2.78. The molecule has 3 aliphatic rings. The lowest BCUT2D eigenvalue weighted by atomic mass is 9.65. The van der Waals surface area contributed by atoms with Crippen LogP contribution in [0.3, 0.4) is 0 Å². The zero-order valence-corrected chi connectivity index (χ0v) is 19.4. The third-order valence-electron chi connectivity index (χ3n) is 7.54. The summed E-state index contributed by atoms with van der Waals surface area (Å²) in [5.41, 5.74) is 2.49. The van der Waals surface area contributed by atoms with Crippen molar-refractivity contribution in [2.24, 2.45) is 23.7 Å². The maximum absolute atomic E-state index is 12.8. The van der Waals surface area contributed by atoms with Gasteiger partial charge in [-0.15, -0.1) is 0 Å². The van der Waals surface area contributed by atoms with E-state index < -0.39 is 0 Å². The molecule has 0 aromatic heterocycles. The second kappa shape index (κ2) is 13.3. The van der Waals surface area contributed by atoms with Crippen LogP contribution in [0.25, 0.3) is 0 Å². The fourth-order valence-electron chi connectivity index (χ4n) is 5.72. The van der Waals surface area contributed by atoms with Crippen molar-refractivity contribution in [3.8, 4) is 0 Å². The number of carbonyl (C=O) groups is 1. The molecular weight excluding hydrogens is 392 g/mol. The summed E-state index contributed by atoms with van der Waals surface area (Å²) in [6.45, 7) is 7.12. The van der Waals surface area contributed by atoms with Gasteiger partial charge in [-0.05, 0) is 94.8 Å². The Morgan fingerprint density at radius 2 is 1.61 bits per heavy atom. The van der Waals surface area contributed by atoms with Crippen molar-refractivity contribution in [3.05, 3.63) is 18.6 Å². The van der Waals surface area contributed by atoms with Gasteiger partial charge >= 0.3 is 5.97 Å². The van der Waals surface area contributed by atoms with E-state index in [1.54, 1.807) is 0 Å². The van der Waals surface area contributed by atoms with Crippen LogP contribution in [0.5, 0.6) is 0 Å². The second-order valence-corrected chi connectivity index (χ2v) is 9.96. The molecule has 0 heterocycles. The van der Waals surface area contributed by atoms with Crippen LogP contribution in [-0.2, 0) is 24.0 Å². The van der Waals surface area contributed by atoms with Crippen molar-refractivity contribution < 1.29 is 24.0 Å². The Balaban J connectivity index is 1.22. The van der Waals surface area contributed by atoms with E-state index in [4.69, 9.17) is 19.2 Å². The Kier molecular flexibility index (Phi) is 10.5. The Hall–Kier alpha value is -1.29. The molecule has 0 bridgehead atoms. The molecule has 0 saturated heterocycles. The van der Waals surface area contributed by atoms with Crippen molar-refractivity contribution in [2.45, 2.75) is 103 Å². The van der Waals surface area contributed by atoms with E-state index in [1.807, 2.05) is 0 Å². The molecule has 0 aromatic carbocycles. The minimum atomic E-state index is 0.0798. The summed E-state index contributed by atoms with van der Waals surface area (Å²) >= 11 is 0. The highest BCUT2D eigenvalue weighted by Crippen LogP contribution is 2.45. The molecule has 3 fully saturated rings. The lowest BCUT2D eigenvalue weighted by molar-refractivity contribution is -0.249. The van der Waals surface area contributed by atoms with Gasteiger partial charge in [0.1, 0.15) is 6.10 Å². The summed E-state index contributed by atoms with van der Waals surface area (Å²) in [7, 11) is 0. The maximum atomic E-state index is 12.8. The molecule has 4 atom stereocenters. The molecule has 3 saturated carbocycles. The molecule has 176 valence electrons. The van der Waals surface area contributed by atoms with Crippen molar-refractivity contribution in [1.82, 2.24) is 0 Å². The summed E-state index contributed by atoms with van der Waals surface area (Å²) in [6.07, 6.45) is 15.9. The minimum Gasteiger partial charge on any atom is -0.462 e. The van der Waals surface area contributed by atoms with Crippen LogP contribution in [0.1, 0.15) is 90.4 Å². The van der Waals surface area contributed by atoms with Gasteiger partial charge in [-0.1, -0.05) is 25.7 Å². The predicted molar refractivity (Wildman–Crippen MR) is 120 cm³/mol. The van der Waals surface area contributed by atoms with Gasteiger partial charge < -0.3 is 14.4 Å². The van der Waals surface area contributed by atoms with Gasteiger partial charge in [-0.2, -0.15) is 4.89 Å². The fraction of sp³-hybridized carbons (Fsp3) is 0.846. The Morgan fingerprint density at radius 1 is 0.903 bits per heavy atom. The largest absolute Gasteiger partial charge is 0.462 e. The smallest absolute Gasteiger partial charge is 0.309 e. The normalized spacial score (nSPS) is 33.1. The van der Waals surface area contributed by atoms with Gasteiger partial charge in [0.15, 0.2) is 6.26 Å². The Morgan fingerprint density at radius 3 is 2.42 bits per heavy atom. The SMILES string of the molecule is C=C=COOCCCCCOC1CCC(OC(=O)C2CCC3CC(C)CCC3C2)CC1. The summed E-state index contributed by atoms with van der Waals surface area (Å²) < 4.78 is 12.0. The van der Waals surface area contributed by atoms with Crippen LogP contribution in [0.4, 0.5) is 0 Å². The Bertz CT molecular complexity index is 576. The van der Waals surface area contributed by atoms with Gasteiger partial charge in [-0.3, -0.25) is 4.79 Å². The number of hydrogen-bond donors (Lipinski definition) is 0. The van der Waals surface area contributed by atoms with E-state index in [0.29, 0.717) is 12.7 Å². The first-order chi connectivity index (χ1) is 15.2. The molecule has 3 aliphatic carbocycles. The van der Waals surface area contributed by atoms with Crippen LogP contribution in [0.15, 0.2) is 18.6 Å². The first-order valence-electron chi connectivity index (χ1n) is 12.6. The van der Waals surface area contributed by atoms with Gasteiger partial charge in [-0.25, -0.2) is 0 Å². The van der Waals surface area contributed by atoms with Gasteiger partial charge in [0, 0.05) is 6.61 Å². The van der Waals surface area contributed by atoms with E-state index in [2.05, 4.69) is 19.2 Å². The summed E-state index contributed by atoms with van der Waals surface area (Å²) in [6, 6.07) is 0. The first kappa shape index (κ1) is 24.4. The van der Waals surface area contributed by atoms with Gasteiger partial charge in [0.25, 0.3) is 0 Å². The van der Waals surface area contributed by atoms with Crippen LogP contribution in [0.2, 0.25) is 0 Å². The molecule has 0 radical (unpaired) electrons. The molecule has 3 rings (SSSR count). The third-order valence-corrected chi connectivity index (χ3v) is 7.54. The number of hydrogen-bond acceptors (Lipinski definition) is 5. The number of fused-ring (bicyclic) bond motifs is 1. The number of rotatable bonds is 11. The highest BCUT2D eigenvalue weighted by atomic mass is 17.2. The number of esters is 1. The molecule has 0 N–H and O–H groups in total. The minimum absolute atomic E-state index is 0.0798. The van der Waals surface area contributed by atoms with E-state index in [0.717, 1.165) is 82.1 Å². The van der Waals surface area contributed by atoms with Gasteiger partial charge in [0.05, 0.1) is 18.6 Å². The summed E-state index contributed by atoms with van der Waals surface area (Å²) in [4.78, 5) is 22.4. The van der Waals surface area contributed by atoms with E-state index in [1.165, 1.54) is 31.9 Å². The third kappa shape index (κ3) is 8.29. The molecule has 4 unspecified atom stereocenters. The first-order valence-corrected chi connectivity index (χ1v) is 12.6. The molecule has 31 heavy (non-hydrogen) atoms. The predicted octanol–water partition coefficient (Wildman–Crippen LogP) is 6.13.